The number of nitrogens with zero attached hydrogens (tertiary/aromatic N) is 3. The zero-order valence-electron chi connectivity index (χ0n) is 20.1. The molecular weight excluding hydrogens is 451 g/mol. The first kappa shape index (κ1) is 22.3. The van der Waals surface area contributed by atoms with Gasteiger partial charge in [-0.05, 0) is 51.8 Å². The van der Waals surface area contributed by atoms with Crippen LogP contribution >= 0.6 is 0 Å². The molecule has 2 bridgehead atoms. The number of anilines is 1. The summed E-state index contributed by atoms with van der Waals surface area (Å²) >= 11 is 0. The lowest BCUT2D eigenvalue weighted by molar-refractivity contribution is -0.0149. The highest BCUT2D eigenvalue weighted by molar-refractivity contribution is 6.08. The smallest absolute Gasteiger partial charge is 0.274 e. The summed E-state index contributed by atoms with van der Waals surface area (Å²) in [6.45, 7) is 6.55. The lowest BCUT2D eigenvalue weighted by Crippen LogP contribution is -2.33. The van der Waals surface area contributed by atoms with Crippen LogP contribution in [-0.4, -0.2) is 44.7 Å². The fourth-order valence-corrected chi connectivity index (χ4v) is 5.51. The van der Waals surface area contributed by atoms with Crippen LogP contribution in [0.25, 0.3) is 10.9 Å². The quantitative estimate of drug-likeness (QED) is 0.572. The molecule has 0 unspecified atom stereocenters. The number of halogens is 1. The van der Waals surface area contributed by atoms with E-state index >= 15 is 0 Å². The highest BCUT2D eigenvalue weighted by atomic mass is 19.1. The minimum atomic E-state index is -1.02. The Balaban J connectivity index is 1.35. The van der Waals surface area contributed by atoms with Gasteiger partial charge >= 0.3 is 0 Å². The van der Waals surface area contributed by atoms with Crippen LogP contribution in [0.2, 0.25) is 0 Å². The van der Waals surface area contributed by atoms with Gasteiger partial charge in [-0.1, -0.05) is 0 Å². The molecule has 2 aromatic heterocycles. The molecule has 1 aliphatic heterocycles. The third-order valence-electron chi connectivity index (χ3n) is 7.47. The number of carbonyl (C=O) groups is 1. The Labute approximate surface area is 202 Å². The lowest BCUT2D eigenvalue weighted by atomic mass is 9.99. The van der Waals surface area contributed by atoms with Gasteiger partial charge in [-0.25, -0.2) is 4.39 Å². The van der Waals surface area contributed by atoms with Gasteiger partial charge in [-0.3, -0.25) is 14.3 Å². The van der Waals surface area contributed by atoms with Gasteiger partial charge in [0.15, 0.2) is 0 Å². The molecule has 1 aromatic carbocycles. The fraction of sp³-hybridized carbons (Fsp3) is 0.500. The normalized spacial score (nSPS) is 29.2. The van der Waals surface area contributed by atoms with Crippen molar-refractivity contribution in [2.75, 3.05) is 11.9 Å². The van der Waals surface area contributed by atoms with E-state index in [1.54, 1.807) is 24.4 Å². The number of rotatable bonds is 6. The van der Waals surface area contributed by atoms with Crippen molar-refractivity contribution in [1.82, 2.24) is 14.3 Å². The van der Waals surface area contributed by atoms with Gasteiger partial charge in [0.25, 0.3) is 11.5 Å². The Bertz CT molecular complexity index is 1390. The average molecular weight is 481 g/mol. The van der Waals surface area contributed by atoms with Crippen LogP contribution in [0.4, 0.5) is 10.1 Å². The molecule has 184 valence electrons. The van der Waals surface area contributed by atoms with Gasteiger partial charge in [0.1, 0.15) is 17.6 Å². The number of alkyl halides is 1. The molecular formula is C26H29FN4O4. The van der Waals surface area contributed by atoms with Gasteiger partial charge in [0.05, 0.1) is 41.0 Å². The number of amides is 1. The van der Waals surface area contributed by atoms with Crippen molar-refractivity contribution in [2.45, 2.75) is 75.9 Å². The maximum atomic E-state index is 13.5. The second-order valence-corrected chi connectivity index (χ2v) is 10.7. The number of fused-ring (bicyclic) bond motifs is 3. The molecule has 0 radical (unpaired) electrons. The Kier molecular flexibility index (Phi) is 4.87. The van der Waals surface area contributed by atoms with E-state index in [1.807, 2.05) is 24.7 Å². The van der Waals surface area contributed by atoms with E-state index in [1.165, 1.54) is 10.6 Å². The first-order valence-electron chi connectivity index (χ1n) is 12.2. The molecule has 3 aliphatic rings. The van der Waals surface area contributed by atoms with Crippen molar-refractivity contribution in [3.05, 3.63) is 52.6 Å². The Morgan fingerprint density at radius 3 is 2.77 bits per heavy atom. The summed E-state index contributed by atoms with van der Waals surface area (Å²) in [4.78, 5) is 26.2. The molecule has 3 aromatic rings. The third kappa shape index (κ3) is 3.73. The van der Waals surface area contributed by atoms with E-state index < -0.39 is 23.7 Å². The molecule has 1 N–H and O–H groups in total. The number of aromatic nitrogens is 3. The van der Waals surface area contributed by atoms with Crippen LogP contribution < -0.4 is 15.6 Å². The number of nitrogens with one attached hydrogen (secondary N) is 1. The molecule has 35 heavy (non-hydrogen) atoms. The number of benzene rings is 1. The summed E-state index contributed by atoms with van der Waals surface area (Å²) in [5, 5.41) is 8.37. The van der Waals surface area contributed by atoms with Crippen molar-refractivity contribution in [2.24, 2.45) is 0 Å². The van der Waals surface area contributed by atoms with E-state index in [0.29, 0.717) is 24.3 Å². The van der Waals surface area contributed by atoms with E-state index in [9.17, 15) is 14.0 Å². The molecule has 9 heteroatoms. The predicted octanol–water partition coefficient (Wildman–Crippen LogP) is 4.19. The summed E-state index contributed by atoms with van der Waals surface area (Å²) in [6, 6.07) is 6.24. The maximum Gasteiger partial charge on any atom is 0.274 e. The minimum Gasteiger partial charge on any atom is -0.490 e. The van der Waals surface area contributed by atoms with Gasteiger partial charge in [-0.15, -0.1) is 0 Å². The van der Waals surface area contributed by atoms with Crippen LogP contribution in [0.15, 0.2) is 41.5 Å². The summed E-state index contributed by atoms with van der Waals surface area (Å²) in [5.41, 5.74) is 0.469. The third-order valence-corrected chi connectivity index (χ3v) is 7.47. The Morgan fingerprint density at radius 2 is 2.14 bits per heavy atom. The van der Waals surface area contributed by atoms with E-state index in [2.05, 4.69) is 12.2 Å². The molecule has 4 atom stereocenters. The molecule has 2 saturated carbocycles. The number of hydrogen-bond donors (Lipinski definition) is 1. The van der Waals surface area contributed by atoms with Crippen molar-refractivity contribution >= 4 is 22.5 Å². The first-order chi connectivity index (χ1) is 16.7. The summed E-state index contributed by atoms with van der Waals surface area (Å²) in [6.07, 6.45) is 5.56. The summed E-state index contributed by atoms with van der Waals surface area (Å²) < 4.78 is 28.9. The van der Waals surface area contributed by atoms with Gasteiger partial charge in [0, 0.05) is 36.7 Å². The van der Waals surface area contributed by atoms with Crippen molar-refractivity contribution in [3.63, 3.8) is 0 Å². The lowest BCUT2D eigenvalue weighted by Gasteiger charge is -2.26. The molecule has 3 heterocycles. The summed E-state index contributed by atoms with van der Waals surface area (Å²) in [5.74, 6) is -0.0671. The number of ether oxygens (including phenoxy) is 2. The number of carbonyl (C=O) groups excluding carboxylic acids is 1. The van der Waals surface area contributed by atoms with Crippen molar-refractivity contribution < 1.29 is 18.7 Å². The Morgan fingerprint density at radius 1 is 1.34 bits per heavy atom. The SMILES string of the molecule is CC(C)Oc1cc2nn([C@@]34CC[C@@](C)(C3)OC4)cc2cc1C(=O)Nc1cccn([C@@H]2C[C@H]2F)c1=O. The van der Waals surface area contributed by atoms with Gasteiger partial charge in [-0.2, -0.15) is 5.10 Å². The van der Waals surface area contributed by atoms with Gasteiger partial charge < -0.3 is 19.4 Å². The maximum absolute atomic E-state index is 13.5. The molecule has 2 aliphatic carbocycles. The second-order valence-electron chi connectivity index (χ2n) is 10.7. The highest BCUT2D eigenvalue weighted by Gasteiger charge is 2.54. The zero-order valence-corrected chi connectivity index (χ0v) is 20.1. The highest BCUT2D eigenvalue weighted by Crippen LogP contribution is 2.51. The van der Waals surface area contributed by atoms with Crippen molar-refractivity contribution in [3.8, 4) is 5.75 Å². The monoisotopic (exact) mass is 480 g/mol. The average Bonchev–Trinajstić information content (AvgIpc) is 3.12. The molecule has 6 rings (SSSR count). The largest absolute Gasteiger partial charge is 0.490 e. The molecule has 3 fully saturated rings. The van der Waals surface area contributed by atoms with Crippen molar-refractivity contribution in [1.29, 1.82) is 0 Å². The first-order valence-corrected chi connectivity index (χ1v) is 12.2. The predicted molar refractivity (Wildman–Crippen MR) is 129 cm³/mol. The standard InChI is InChI=1S/C26H29FN4O4/c1-15(2)35-22-11-20-16(12-31(29-20)26-7-6-25(3,13-26)34-14-26)9-17(22)23(32)28-19-5-4-8-30(24(19)33)21-10-18(21)27/h4-5,8-9,11-12,15,18,21H,6-7,10,13-14H2,1-3H3,(H,28,32)/t18-,21-,25+,26+/m1/s1. The Hall–Kier alpha value is -3.20. The van der Waals surface area contributed by atoms with Gasteiger partial charge in [0.2, 0.25) is 0 Å². The van der Waals surface area contributed by atoms with Crippen LogP contribution in [0.5, 0.6) is 5.75 Å². The second kappa shape index (κ2) is 7.65. The minimum absolute atomic E-state index is 0.0969. The van der Waals surface area contributed by atoms with Crippen LogP contribution in [-0.2, 0) is 10.3 Å². The number of hydrogen-bond acceptors (Lipinski definition) is 5. The number of pyridine rings is 1. The molecule has 1 saturated heterocycles. The van der Waals surface area contributed by atoms with E-state index in [-0.39, 0.29) is 22.9 Å². The topological polar surface area (TPSA) is 87.4 Å². The van der Waals surface area contributed by atoms with E-state index in [0.717, 1.165) is 30.2 Å². The van der Waals surface area contributed by atoms with Crippen LogP contribution in [0.3, 0.4) is 0 Å². The van der Waals surface area contributed by atoms with E-state index in [4.69, 9.17) is 14.6 Å². The molecule has 1 amide bonds. The summed E-state index contributed by atoms with van der Waals surface area (Å²) in [7, 11) is 0. The molecule has 0 spiro atoms. The van der Waals surface area contributed by atoms with Crippen LogP contribution in [0.1, 0.15) is 62.9 Å². The zero-order chi connectivity index (χ0) is 24.5. The molecule has 8 nitrogen and oxygen atoms in total. The fourth-order valence-electron chi connectivity index (χ4n) is 5.51. The van der Waals surface area contributed by atoms with Crippen LogP contribution in [0, 0.1) is 0 Å².